The number of hydrogen-bond donors (Lipinski definition) is 1. The maximum atomic E-state index is 12.1. The minimum atomic E-state index is -0.802. The number of aliphatic hydroxyl groups is 1. The van der Waals surface area contributed by atoms with Crippen LogP contribution in [0.1, 0.15) is 29.3 Å². The average molecular weight is 450 g/mol. The van der Waals surface area contributed by atoms with Gasteiger partial charge < -0.3 is 19.0 Å². The number of hydrogen-bond acceptors (Lipinski definition) is 7. The smallest absolute Gasteiger partial charge is 0.339 e. The van der Waals surface area contributed by atoms with E-state index in [1.54, 1.807) is 23.0 Å². The van der Waals surface area contributed by atoms with Crippen molar-refractivity contribution in [3.8, 4) is 11.5 Å². The van der Waals surface area contributed by atoms with Crippen molar-refractivity contribution in [1.82, 2.24) is 15.0 Å². The lowest BCUT2D eigenvalue weighted by Crippen LogP contribution is -2.24. The molecular formula is C25H27N3O5. The minimum absolute atomic E-state index is 0.0522. The molecule has 0 saturated carbocycles. The van der Waals surface area contributed by atoms with E-state index in [9.17, 15) is 9.90 Å². The molecular weight excluding hydrogens is 422 g/mol. The maximum absolute atomic E-state index is 12.1. The second kappa shape index (κ2) is 9.87. The Morgan fingerprint density at radius 2 is 1.97 bits per heavy atom. The monoisotopic (exact) mass is 449 g/mol. The molecule has 0 aliphatic rings. The van der Waals surface area contributed by atoms with Crippen molar-refractivity contribution in [3.63, 3.8) is 0 Å². The molecule has 0 spiro atoms. The fourth-order valence-electron chi connectivity index (χ4n) is 3.70. The highest BCUT2D eigenvalue weighted by Crippen LogP contribution is 2.24. The number of rotatable bonds is 9. The molecule has 0 bridgehead atoms. The SMILES string of the molecule is CCc1c(C)c2ccc(OCC(O)Cn3cc(COc4ccccc4C)nn3)cc2oc1=O. The molecule has 172 valence electrons. The van der Waals surface area contributed by atoms with E-state index in [4.69, 9.17) is 13.9 Å². The van der Waals surface area contributed by atoms with Gasteiger partial charge in [0.15, 0.2) is 0 Å². The topological polar surface area (TPSA) is 99.6 Å². The molecule has 0 saturated heterocycles. The van der Waals surface area contributed by atoms with Crippen LogP contribution in [-0.2, 0) is 19.6 Å². The Hall–Kier alpha value is -3.65. The Labute approximate surface area is 191 Å². The van der Waals surface area contributed by atoms with E-state index in [0.717, 1.165) is 22.3 Å². The summed E-state index contributed by atoms with van der Waals surface area (Å²) in [5.41, 5.74) is 3.46. The summed E-state index contributed by atoms with van der Waals surface area (Å²) in [5, 5.41) is 19.4. The number of aliphatic hydroxyl groups excluding tert-OH is 1. The summed E-state index contributed by atoms with van der Waals surface area (Å²) in [4.78, 5) is 12.1. The summed E-state index contributed by atoms with van der Waals surface area (Å²) in [6.45, 7) is 6.39. The fraction of sp³-hybridized carbons (Fsp3) is 0.320. The van der Waals surface area contributed by atoms with Gasteiger partial charge in [0, 0.05) is 17.0 Å². The van der Waals surface area contributed by atoms with Crippen LogP contribution < -0.4 is 15.1 Å². The first-order valence-electron chi connectivity index (χ1n) is 10.9. The van der Waals surface area contributed by atoms with E-state index < -0.39 is 6.10 Å². The minimum Gasteiger partial charge on any atom is -0.491 e. The summed E-state index contributed by atoms with van der Waals surface area (Å²) in [6, 6.07) is 13.1. The molecule has 8 nitrogen and oxygen atoms in total. The number of aromatic nitrogens is 3. The molecule has 0 aliphatic heterocycles. The standard InChI is InChI=1S/C25H27N3O5/c1-4-21-17(3)22-10-9-20(11-24(22)33-25(21)30)31-15-19(29)13-28-12-18(26-27-28)14-32-23-8-6-5-7-16(23)2/h5-12,19,29H,4,13-15H2,1-3H3. The first-order chi connectivity index (χ1) is 15.9. The molecule has 0 fully saturated rings. The van der Waals surface area contributed by atoms with Crippen LogP contribution in [-0.4, -0.2) is 32.8 Å². The van der Waals surface area contributed by atoms with Gasteiger partial charge in [0.05, 0.1) is 12.7 Å². The summed E-state index contributed by atoms with van der Waals surface area (Å²) in [6.07, 6.45) is 1.56. The highest BCUT2D eigenvalue weighted by Gasteiger charge is 2.13. The van der Waals surface area contributed by atoms with Gasteiger partial charge in [0.1, 0.15) is 42.1 Å². The number of fused-ring (bicyclic) bond motifs is 1. The second-order valence-corrected chi connectivity index (χ2v) is 7.96. The van der Waals surface area contributed by atoms with Crippen molar-refractivity contribution >= 4 is 11.0 Å². The van der Waals surface area contributed by atoms with E-state index in [-0.39, 0.29) is 18.8 Å². The van der Waals surface area contributed by atoms with E-state index >= 15 is 0 Å². The highest BCUT2D eigenvalue weighted by atomic mass is 16.5. The Kier molecular flexibility index (Phi) is 6.74. The summed E-state index contributed by atoms with van der Waals surface area (Å²) in [5.74, 6) is 1.31. The lowest BCUT2D eigenvalue weighted by atomic mass is 10.0. The van der Waals surface area contributed by atoms with Crippen molar-refractivity contribution < 1.29 is 19.0 Å². The molecule has 33 heavy (non-hydrogen) atoms. The lowest BCUT2D eigenvalue weighted by molar-refractivity contribution is 0.0888. The molecule has 1 N–H and O–H groups in total. The van der Waals surface area contributed by atoms with Crippen molar-refractivity contribution in [3.05, 3.63) is 81.5 Å². The number of para-hydroxylation sites is 1. The number of benzene rings is 2. The molecule has 4 rings (SSSR count). The molecule has 0 amide bonds. The number of ether oxygens (including phenoxy) is 2. The van der Waals surface area contributed by atoms with Gasteiger partial charge in [-0.3, -0.25) is 0 Å². The first-order valence-corrected chi connectivity index (χ1v) is 10.9. The second-order valence-electron chi connectivity index (χ2n) is 7.96. The fourth-order valence-corrected chi connectivity index (χ4v) is 3.70. The summed E-state index contributed by atoms with van der Waals surface area (Å²) in [7, 11) is 0. The summed E-state index contributed by atoms with van der Waals surface area (Å²) < 4.78 is 18.5. The molecule has 4 aromatic rings. The zero-order valence-electron chi connectivity index (χ0n) is 18.9. The molecule has 0 radical (unpaired) electrons. The van der Waals surface area contributed by atoms with Crippen LogP contribution in [0.4, 0.5) is 0 Å². The Morgan fingerprint density at radius 3 is 2.76 bits per heavy atom. The van der Waals surface area contributed by atoms with Gasteiger partial charge in [-0.2, -0.15) is 0 Å². The van der Waals surface area contributed by atoms with Gasteiger partial charge in [-0.15, -0.1) is 5.10 Å². The predicted octanol–water partition coefficient (Wildman–Crippen LogP) is 3.58. The molecule has 2 aromatic heterocycles. The molecule has 2 heterocycles. The van der Waals surface area contributed by atoms with Crippen molar-refractivity contribution in [1.29, 1.82) is 0 Å². The third-order valence-corrected chi connectivity index (χ3v) is 5.51. The summed E-state index contributed by atoms with van der Waals surface area (Å²) >= 11 is 0. The molecule has 0 aliphatic carbocycles. The third-order valence-electron chi connectivity index (χ3n) is 5.51. The molecule has 8 heteroatoms. The number of nitrogens with zero attached hydrogens (tertiary/aromatic N) is 3. The van der Waals surface area contributed by atoms with Crippen molar-refractivity contribution in [2.24, 2.45) is 0 Å². The maximum Gasteiger partial charge on any atom is 0.339 e. The van der Waals surface area contributed by atoms with Gasteiger partial charge in [-0.25, -0.2) is 9.48 Å². The van der Waals surface area contributed by atoms with Crippen molar-refractivity contribution in [2.75, 3.05) is 6.61 Å². The van der Waals surface area contributed by atoms with Crippen LogP contribution in [0.15, 0.2) is 57.9 Å². The van der Waals surface area contributed by atoms with Gasteiger partial charge in [-0.1, -0.05) is 30.3 Å². The zero-order chi connectivity index (χ0) is 23.4. The normalized spacial score (nSPS) is 12.1. The van der Waals surface area contributed by atoms with Crippen LogP contribution >= 0.6 is 0 Å². The zero-order valence-corrected chi connectivity index (χ0v) is 18.9. The van der Waals surface area contributed by atoms with Gasteiger partial charge in [-0.05, 0) is 49.6 Å². The van der Waals surface area contributed by atoms with Crippen molar-refractivity contribution in [2.45, 2.75) is 46.4 Å². The highest BCUT2D eigenvalue weighted by molar-refractivity contribution is 5.82. The van der Waals surface area contributed by atoms with E-state index in [2.05, 4.69) is 10.3 Å². The quantitative estimate of drug-likeness (QED) is 0.390. The van der Waals surface area contributed by atoms with Gasteiger partial charge in [0.25, 0.3) is 0 Å². The lowest BCUT2D eigenvalue weighted by Gasteiger charge is -2.13. The van der Waals surface area contributed by atoms with Crippen LogP contribution in [0, 0.1) is 13.8 Å². The average Bonchev–Trinajstić information content (AvgIpc) is 3.24. The van der Waals surface area contributed by atoms with Crippen LogP contribution in [0.2, 0.25) is 0 Å². The Bertz CT molecular complexity index is 1310. The first kappa shape index (κ1) is 22.5. The van der Waals surface area contributed by atoms with Gasteiger partial charge >= 0.3 is 5.63 Å². The molecule has 2 aromatic carbocycles. The Morgan fingerprint density at radius 1 is 1.15 bits per heavy atom. The Balaban J connectivity index is 1.33. The van der Waals surface area contributed by atoms with Gasteiger partial charge in [0.2, 0.25) is 0 Å². The van der Waals surface area contributed by atoms with Crippen LogP contribution in [0.25, 0.3) is 11.0 Å². The number of aryl methyl sites for hydroxylation is 2. The van der Waals surface area contributed by atoms with Crippen LogP contribution in [0.3, 0.4) is 0 Å². The predicted molar refractivity (Wildman–Crippen MR) is 124 cm³/mol. The largest absolute Gasteiger partial charge is 0.491 e. The molecule has 1 atom stereocenters. The van der Waals surface area contributed by atoms with E-state index in [0.29, 0.717) is 35.6 Å². The van der Waals surface area contributed by atoms with E-state index in [1.807, 2.05) is 51.1 Å². The van der Waals surface area contributed by atoms with Crippen LogP contribution in [0.5, 0.6) is 11.5 Å². The third kappa shape index (κ3) is 5.23. The molecule has 1 unspecified atom stereocenters. The van der Waals surface area contributed by atoms with E-state index in [1.165, 1.54) is 0 Å².